The van der Waals surface area contributed by atoms with Crippen LogP contribution in [0.3, 0.4) is 0 Å². The van der Waals surface area contributed by atoms with Crippen LogP contribution in [0, 0.1) is 5.82 Å². The molecule has 1 fully saturated rings. The van der Waals surface area contributed by atoms with Gasteiger partial charge in [0.05, 0.1) is 10.4 Å². The predicted molar refractivity (Wildman–Crippen MR) is 90.2 cm³/mol. The monoisotopic (exact) mass is 396 g/mol. The molecule has 1 saturated heterocycles. The fourth-order valence-corrected chi connectivity index (χ4v) is 3.61. The van der Waals surface area contributed by atoms with Crippen LogP contribution in [0.5, 0.6) is 0 Å². The molecule has 0 bridgehead atoms. The molecular weight excluding hydrogens is 383 g/mol. The normalized spacial score (nSPS) is 14.9. The van der Waals surface area contributed by atoms with Gasteiger partial charge < -0.3 is 9.80 Å². The average molecular weight is 397 g/mol. The molecule has 0 aliphatic carbocycles. The Morgan fingerprint density at radius 2 is 1.70 bits per heavy atom. The van der Waals surface area contributed by atoms with E-state index in [-0.39, 0.29) is 11.8 Å². The van der Waals surface area contributed by atoms with E-state index in [4.69, 9.17) is 0 Å². The van der Waals surface area contributed by atoms with Crippen molar-refractivity contribution in [1.82, 2.24) is 9.80 Å². The summed E-state index contributed by atoms with van der Waals surface area (Å²) in [6, 6.07) is 7.71. The van der Waals surface area contributed by atoms with Crippen LogP contribution in [0.4, 0.5) is 4.39 Å². The third-order valence-corrected chi connectivity index (χ3v) is 5.29. The van der Waals surface area contributed by atoms with Crippen LogP contribution in [0.1, 0.15) is 20.0 Å². The second kappa shape index (κ2) is 6.80. The Bertz CT molecular complexity index is 728. The lowest BCUT2D eigenvalue weighted by Crippen LogP contribution is -2.50. The van der Waals surface area contributed by atoms with Gasteiger partial charge in [-0.25, -0.2) is 4.39 Å². The van der Waals surface area contributed by atoms with Crippen molar-refractivity contribution in [3.8, 4) is 0 Å². The summed E-state index contributed by atoms with van der Waals surface area (Å²) in [6.07, 6.45) is 0. The van der Waals surface area contributed by atoms with Gasteiger partial charge in [-0.3, -0.25) is 9.59 Å². The molecule has 1 aromatic carbocycles. The van der Waals surface area contributed by atoms with Crippen LogP contribution in [0.15, 0.2) is 40.2 Å². The Morgan fingerprint density at radius 3 is 2.30 bits per heavy atom. The Balaban J connectivity index is 1.66. The smallest absolute Gasteiger partial charge is 0.264 e. The highest BCUT2D eigenvalue weighted by molar-refractivity contribution is 9.10. The number of amides is 2. The Hall–Kier alpha value is -1.73. The summed E-state index contributed by atoms with van der Waals surface area (Å²) in [6.45, 7) is 1.85. The highest BCUT2D eigenvalue weighted by Crippen LogP contribution is 2.21. The largest absolute Gasteiger partial charge is 0.335 e. The van der Waals surface area contributed by atoms with Crippen molar-refractivity contribution in [2.24, 2.45) is 0 Å². The first-order valence-electron chi connectivity index (χ1n) is 7.13. The first kappa shape index (κ1) is 16.1. The third kappa shape index (κ3) is 3.45. The summed E-state index contributed by atoms with van der Waals surface area (Å²) in [7, 11) is 0. The molecule has 7 heteroatoms. The van der Waals surface area contributed by atoms with Gasteiger partial charge in [0.2, 0.25) is 0 Å². The van der Waals surface area contributed by atoms with Crippen LogP contribution in [0.2, 0.25) is 0 Å². The third-order valence-electron chi connectivity index (χ3n) is 3.74. The van der Waals surface area contributed by atoms with E-state index in [0.29, 0.717) is 41.1 Å². The van der Waals surface area contributed by atoms with Gasteiger partial charge in [-0.05, 0) is 45.6 Å². The molecule has 0 N–H and O–H groups in total. The zero-order chi connectivity index (χ0) is 16.4. The molecule has 0 radical (unpaired) electrons. The summed E-state index contributed by atoms with van der Waals surface area (Å²) in [5.74, 6) is -0.665. The van der Waals surface area contributed by atoms with Crippen molar-refractivity contribution < 1.29 is 14.0 Å². The fourth-order valence-electron chi connectivity index (χ4n) is 2.50. The minimum Gasteiger partial charge on any atom is -0.335 e. The van der Waals surface area contributed by atoms with E-state index in [1.807, 2.05) is 11.4 Å². The molecule has 1 aliphatic heterocycles. The minimum atomic E-state index is -0.442. The summed E-state index contributed by atoms with van der Waals surface area (Å²) < 4.78 is 13.9. The van der Waals surface area contributed by atoms with E-state index < -0.39 is 5.82 Å². The Labute approximate surface area is 145 Å². The van der Waals surface area contributed by atoms with Gasteiger partial charge in [0.15, 0.2) is 0 Å². The van der Waals surface area contributed by atoms with E-state index in [0.717, 1.165) is 0 Å². The number of piperazine rings is 1. The number of rotatable bonds is 2. The number of carbonyl (C=O) groups excluding carboxylic acids is 2. The Morgan fingerprint density at radius 1 is 1.04 bits per heavy atom. The zero-order valence-corrected chi connectivity index (χ0v) is 14.6. The van der Waals surface area contributed by atoms with Gasteiger partial charge in [-0.15, -0.1) is 11.3 Å². The van der Waals surface area contributed by atoms with Crippen LogP contribution < -0.4 is 0 Å². The number of nitrogens with zero attached hydrogens (tertiary/aromatic N) is 2. The van der Waals surface area contributed by atoms with Crippen molar-refractivity contribution in [2.45, 2.75) is 0 Å². The molecule has 3 rings (SSSR count). The standard InChI is InChI=1S/C16H14BrFN2O2S/c17-13-4-3-11(18)10-12(13)15(21)19-5-7-20(8-6-19)16(22)14-2-1-9-23-14/h1-4,9-10H,5-8H2. The number of carbonyl (C=O) groups is 2. The van der Waals surface area contributed by atoms with Crippen molar-refractivity contribution in [3.05, 3.63) is 56.4 Å². The predicted octanol–water partition coefficient (Wildman–Crippen LogP) is 3.25. The maximum atomic E-state index is 13.4. The van der Waals surface area contributed by atoms with Crippen LogP contribution in [-0.2, 0) is 0 Å². The van der Waals surface area contributed by atoms with Gasteiger partial charge in [-0.2, -0.15) is 0 Å². The molecule has 1 aliphatic rings. The molecule has 0 unspecified atom stereocenters. The number of thiophene rings is 1. The second-order valence-electron chi connectivity index (χ2n) is 5.19. The maximum absolute atomic E-state index is 13.4. The average Bonchev–Trinajstić information content (AvgIpc) is 3.10. The van der Waals surface area contributed by atoms with Crippen LogP contribution >= 0.6 is 27.3 Å². The highest BCUT2D eigenvalue weighted by atomic mass is 79.9. The fraction of sp³-hybridized carbons (Fsp3) is 0.250. The van der Waals surface area contributed by atoms with Crippen molar-refractivity contribution >= 4 is 39.1 Å². The van der Waals surface area contributed by atoms with Crippen molar-refractivity contribution in [1.29, 1.82) is 0 Å². The number of benzene rings is 1. The molecule has 0 spiro atoms. The molecule has 2 aromatic rings. The van der Waals surface area contributed by atoms with E-state index in [1.54, 1.807) is 15.9 Å². The SMILES string of the molecule is O=C(c1cccs1)N1CCN(C(=O)c2cc(F)ccc2Br)CC1. The lowest BCUT2D eigenvalue weighted by molar-refractivity contribution is 0.0537. The summed E-state index contributed by atoms with van der Waals surface area (Å²) in [4.78, 5) is 28.9. The summed E-state index contributed by atoms with van der Waals surface area (Å²) in [5.41, 5.74) is 0.308. The van der Waals surface area contributed by atoms with E-state index in [9.17, 15) is 14.0 Å². The molecule has 1 aromatic heterocycles. The number of halogens is 2. The molecule has 2 heterocycles. The minimum absolute atomic E-state index is 0.000893. The van der Waals surface area contributed by atoms with E-state index in [1.165, 1.54) is 29.5 Å². The summed E-state index contributed by atoms with van der Waals surface area (Å²) in [5, 5.41) is 1.87. The van der Waals surface area contributed by atoms with Crippen LogP contribution in [-0.4, -0.2) is 47.8 Å². The zero-order valence-electron chi connectivity index (χ0n) is 12.2. The second-order valence-corrected chi connectivity index (χ2v) is 6.99. The van der Waals surface area contributed by atoms with E-state index >= 15 is 0 Å². The molecular formula is C16H14BrFN2O2S. The quantitative estimate of drug-likeness (QED) is 0.781. The molecule has 120 valence electrons. The van der Waals surface area contributed by atoms with Gasteiger partial charge >= 0.3 is 0 Å². The molecule has 0 atom stereocenters. The molecule has 4 nitrogen and oxygen atoms in total. The topological polar surface area (TPSA) is 40.6 Å². The molecule has 23 heavy (non-hydrogen) atoms. The van der Waals surface area contributed by atoms with E-state index in [2.05, 4.69) is 15.9 Å². The molecule has 0 saturated carbocycles. The lowest BCUT2D eigenvalue weighted by atomic mass is 10.1. The first-order chi connectivity index (χ1) is 11.1. The van der Waals surface area contributed by atoms with Gasteiger partial charge in [0.25, 0.3) is 11.8 Å². The van der Waals surface area contributed by atoms with Gasteiger partial charge in [0, 0.05) is 30.7 Å². The number of hydrogen-bond donors (Lipinski definition) is 0. The number of hydrogen-bond acceptors (Lipinski definition) is 3. The van der Waals surface area contributed by atoms with Crippen molar-refractivity contribution in [3.63, 3.8) is 0 Å². The Kier molecular flexibility index (Phi) is 4.77. The molecule has 2 amide bonds. The highest BCUT2D eigenvalue weighted by Gasteiger charge is 2.26. The first-order valence-corrected chi connectivity index (χ1v) is 8.80. The summed E-state index contributed by atoms with van der Waals surface area (Å²) >= 11 is 4.69. The van der Waals surface area contributed by atoms with Crippen molar-refractivity contribution in [2.75, 3.05) is 26.2 Å². The van der Waals surface area contributed by atoms with Crippen LogP contribution in [0.25, 0.3) is 0 Å². The maximum Gasteiger partial charge on any atom is 0.264 e. The lowest BCUT2D eigenvalue weighted by Gasteiger charge is -2.34. The van der Waals surface area contributed by atoms with Gasteiger partial charge in [0.1, 0.15) is 5.82 Å². The van der Waals surface area contributed by atoms with Gasteiger partial charge in [-0.1, -0.05) is 6.07 Å².